The first-order chi connectivity index (χ1) is 8.54. The Labute approximate surface area is 116 Å². The minimum Gasteiger partial charge on any atom is -0.397 e. The van der Waals surface area contributed by atoms with Crippen molar-refractivity contribution in [2.24, 2.45) is 0 Å². The van der Waals surface area contributed by atoms with Gasteiger partial charge in [-0.05, 0) is 12.0 Å². The molecule has 0 saturated carbocycles. The number of anilines is 1. The second-order valence-corrected chi connectivity index (χ2v) is 7.09. The molecule has 0 unspecified atom stereocenters. The highest BCUT2D eigenvalue weighted by molar-refractivity contribution is 5.83. The lowest BCUT2D eigenvalue weighted by Gasteiger charge is -2.28. The van der Waals surface area contributed by atoms with E-state index in [0.717, 1.165) is 29.7 Å². The fraction of sp³-hybridized carbons (Fsp3) is 0.625. The van der Waals surface area contributed by atoms with Gasteiger partial charge < -0.3 is 5.73 Å². The van der Waals surface area contributed by atoms with Crippen LogP contribution in [0.2, 0.25) is 0 Å². The summed E-state index contributed by atoms with van der Waals surface area (Å²) >= 11 is 0. The van der Waals surface area contributed by atoms with Crippen molar-refractivity contribution >= 4 is 12.0 Å². The number of nitrogen functional groups attached to an aromatic ring is 1. The molecular weight excluding hydrogens is 236 g/mol. The molecule has 0 aliphatic rings. The molecular formula is C16H26N2O. The molecule has 0 aliphatic carbocycles. The highest BCUT2D eigenvalue weighted by atomic mass is 16.1. The Morgan fingerprint density at radius 3 is 1.84 bits per heavy atom. The molecule has 1 aromatic rings. The number of pyridine rings is 1. The quantitative estimate of drug-likeness (QED) is 0.828. The number of aromatic nitrogens is 1. The monoisotopic (exact) mass is 262 g/mol. The number of aldehydes is 1. The van der Waals surface area contributed by atoms with Crippen LogP contribution in [-0.4, -0.2) is 11.3 Å². The third-order valence-electron chi connectivity index (χ3n) is 3.28. The van der Waals surface area contributed by atoms with E-state index >= 15 is 0 Å². The van der Waals surface area contributed by atoms with Crippen molar-refractivity contribution in [2.45, 2.75) is 65.7 Å². The van der Waals surface area contributed by atoms with Gasteiger partial charge in [0.25, 0.3) is 0 Å². The summed E-state index contributed by atoms with van der Waals surface area (Å²) in [6, 6.07) is 0. The molecule has 1 heterocycles. The van der Waals surface area contributed by atoms with Crippen molar-refractivity contribution < 1.29 is 4.79 Å². The molecule has 3 nitrogen and oxygen atoms in total. The number of nitrogens with zero attached hydrogens (tertiary/aromatic N) is 1. The van der Waals surface area contributed by atoms with E-state index in [4.69, 9.17) is 10.7 Å². The summed E-state index contributed by atoms with van der Waals surface area (Å²) in [5, 5.41) is 0. The van der Waals surface area contributed by atoms with Crippen molar-refractivity contribution in [1.29, 1.82) is 0 Å². The summed E-state index contributed by atoms with van der Waals surface area (Å²) in [4.78, 5) is 16.2. The van der Waals surface area contributed by atoms with Gasteiger partial charge in [0.15, 0.2) is 6.29 Å². The minimum absolute atomic E-state index is 0.130. The van der Waals surface area contributed by atoms with Crippen LogP contribution in [-0.2, 0) is 17.3 Å². The molecule has 1 aromatic heterocycles. The van der Waals surface area contributed by atoms with Crippen molar-refractivity contribution in [3.05, 3.63) is 22.5 Å². The number of carbonyl (C=O) groups is 1. The highest BCUT2D eigenvalue weighted by Gasteiger charge is 2.28. The van der Waals surface area contributed by atoms with Crippen LogP contribution in [0.3, 0.4) is 0 Å². The molecule has 3 heteroatoms. The first-order valence-electron chi connectivity index (χ1n) is 6.82. The molecule has 0 bridgehead atoms. The van der Waals surface area contributed by atoms with Gasteiger partial charge in [0, 0.05) is 16.4 Å². The van der Waals surface area contributed by atoms with Crippen LogP contribution in [0.5, 0.6) is 0 Å². The minimum atomic E-state index is -0.173. The maximum atomic E-state index is 11.5. The Morgan fingerprint density at radius 2 is 1.53 bits per heavy atom. The van der Waals surface area contributed by atoms with E-state index in [0.29, 0.717) is 11.3 Å². The average molecular weight is 262 g/mol. The van der Waals surface area contributed by atoms with Gasteiger partial charge in [-0.15, -0.1) is 0 Å². The van der Waals surface area contributed by atoms with Gasteiger partial charge in [-0.3, -0.25) is 9.78 Å². The second-order valence-electron chi connectivity index (χ2n) is 7.09. The van der Waals surface area contributed by atoms with E-state index in [1.54, 1.807) is 0 Å². The summed E-state index contributed by atoms with van der Waals surface area (Å²) in [7, 11) is 0. The van der Waals surface area contributed by atoms with Crippen LogP contribution in [0.4, 0.5) is 5.69 Å². The van der Waals surface area contributed by atoms with Gasteiger partial charge >= 0.3 is 0 Å². The van der Waals surface area contributed by atoms with Crippen LogP contribution < -0.4 is 5.73 Å². The Kier molecular flexibility index (Phi) is 4.08. The summed E-state index contributed by atoms with van der Waals surface area (Å²) in [6.07, 6.45) is 1.64. The molecule has 0 amide bonds. The summed E-state index contributed by atoms with van der Waals surface area (Å²) in [6.45, 7) is 14.5. The number of hydrogen-bond donors (Lipinski definition) is 1. The number of nitrogens with two attached hydrogens (primary N) is 1. The van der Waals surface area contributed by atoms with Gasteiger partial charge in [-0.1, -0.05) is 48.5 Å². The molecule has 0 saturated heterocycles. The normalized spacial score (nSPS) is 12.6. The van der Waals surface area contributed by atoms with Gasteiger partial charge in [0.05, 0.1) is 17.1 Å². The van der Waals surface area contributed by atoms with Crippen molar-refractivity contribution in [1.82, 2.24) is 4.98 Å². The smallest absolute Gasteiger partial charge is 0.152 e. The van der Waals surface area contributed by atoms with E-state index < -0.39 is 0 Å². The molecule has 2 N–H and O–H groups in total. The zero-order chi connectivity index (χ0) is 15.0. The lowest BCUT2D eigenvalue weighted by atomic mass is 9.82. The first-order valence-corrected chi connectivity index (χ1v) is 6.82. The second kappa shape index (κ2) is 4.95. The largest absolute Gasteiger partial charge is 0.397 e. The average Bonchev–Trinajstić information content (AvgIpc) is 2.24. The lowest BCUT2D eigenvalue weighted by molar-refractivity contribution is 0.112. The van der Waals surface area contributed by atoms with Crippen molar-refractivity contribution in [3.63, 3.8) is 0 Å². The van der Waals surface area contributed by atoms with Crippen LogP contribution in [0.1, 0.15) is 75.8 Å². The predicted octanol–water partition coefficient (Wildman–Crippen LogP) is 3.63. The number of rotatable bonds is 2. The van der Waals surface area contributed by atoms with Gasteiger partial charge in [-0.25, -0.2) is 0 Å². The van der Waals surface area contributed by atoms with Crippen LogP contribution in [0.25, 0.3) is 0 Å². The molecule has 0 aromatic carbocycles. The fourth-order valence-electron chi connectivity index (χ4n) is 2.31. The van der Waals surface area contributed by atoms with E-state index in [1.807, 2.05) is 6.92 Å². The number of hydrogen-bond acceptors (Lipinski definition) is 3. The first kappa shape index (κ1) is 15.7. The topological polar surface area (TPSA) is 56.0 Å². The fourth-order valence-corrected chi connectivity index (χ4v) is 2.31. The summed E-state index contributed by atoms with van der Waals surface area (Å²) < 4.78 is 0. The zero-order valence-electron chi connectivity index (χ0n) is 13.2. The standard InChI is InChI=1S/C16H26N2O/c1-8-10-11(9-19)13(15(2,3)4)18-14(12(10)17)16(5,6)7/h9H,8,17H2,1-7H3. The third-order valence-corrected chi connectivity index (χ3v) is 3.28. The maximum absolute atomic E-state index is 11.5. The van der Waals surface area contributed by atoms with Gasteiger partial charge in [0.2, 0.25) is 0 Å². The molecule has 0 radical (unpaired) electrons. The van der Waals surface area contributed by atoms with Crippen LogP contribution in [0.15, 0.2) is 0 Å². The van der Waals surface area contributed by atoms with E-state index in [9.17, 15) is 4.79 Å². The predicted molar refractivity (Wildman–Crippen MR) is 80.8 cm³/mol. The van der Waals surface area contributed by atoms with E-state index in [-0.39, 0.29) is 10.8 Å². The summed E-state index contributed by atoms with van der Waals surface area (Å²) in [5.41, 5.74) is 9.95. The third kappa shape index (κ3) is 2.96. The maximum Gasteiger partial charge on any atom is 0.152 e. The van der Waals surface area contributed by atoms with E-state index in [1.165, 1.54) is 0 Å². The van der Waals surface area contributed by atoms with Crippen LogP contribution >= 0.6 is 0 Å². The molecule has 0 fully saturated rings. The Morgan fingerprint density at radius 1 is 1.05 bits per heavy atom. The molecule has 1 rings (SSSR count). The Balaban J connectivity index is 3.79. The summed E-state index contributed by atoms with van der Waals surface area (Å²) in [5.74, 6) is 0. The van der Waals surface area contributed by atoms with E-state index in [2.05, 4.69) is 41.5 Å². The van der Waals surface area contributed by atoms with Gasteiger partial charge in [-0.2, -0.15) is 0 Å². The highest BCUT2D eigenvalue weighted by Crippen LogP contribution is 2.35. The molecule has 0 aliphatic heterocycles. The molecule has 0 spiro atoms. The molecule has 0 atom stereocenters. The molecule has 106 valence electrons. The number of carbonyl (C=O) groups excluding carboxylic acids is 1. The lowest BCUT2D eigenvalue weighted by Crippen LogP contribution is -2.25. The van der Waals surface area contributed by atoms with Crippen molar-refractivity contribution in [2.75, 3.05) is 5.73 Å². The zero-order valence-corrected chi connectivity index (χ0v) is 13.2. The van der Waals surface area contributed by atoms with Crippen LogP contribution in [0, 0.1) is 0 Å². The Bertz CT molecular complexity index is 491. The Hall–Kier alpha value is -1.38. The SMILES string of the molecule is CCc1c(N)c(C(C)(C)C)nc(C(C)(C)C)c1C=O. The van der Waals surface area contributed by atoms with Crippen molar-refractivity contribution in [3.8, 4) is 0 Å². The van der Waals surface area contributed by atoms with Gasteiger partial charge in [0.1, 0.15) is 0 Å². The molecule has 19 heavy (non-hydrogen) atoms.